The first-order valence-corrected chi connectivity index (χ1v) is 12.4. The monoisotopic (exact) mass is 492 g/mol. The Balaban J connectivity index is 1.77. The number of hydrogen-bond donors (Lipinski definition) is 4. The normalized spacial score (nSPS) is 19.2. The third-order valence-corrected chi connectivity index (χ3v) is 7.35. The standard InChI is InChI=1S/C20H28N6O5SSi/c1-10(7-8-21)22-19-25-26-20(32-19)24-16(27)14-9-12(15(30-3)18(28)31-14)23-17(33)11-5-4-6-13(11)29-2/h7-9,11,13,17,21,23H,4-6H2,1-3,33H3,(H,22,25)(H,24,26,27)/b10-7-,21-8?/t11-,13+,17-/m0/s1. The number of nitrogens with zero attached hydrogens (tertiary/aromatic N) is 2. The molecular formula is C20H28N6O5SSi. The number of ether oxygens (including phenoxy) is 2. The molecule has 13 heteroatoms. The van der Waals surface area contributed by atoms with Crippen LogP contribution in [-0.4, -0.2) is 58.6 Å². The first-order chi connectivity index (χ1) is 15.9. The highest BCUT2D eigenvalue weighted by Gasteiger charge is 2.32. The largest absolute Gasteiger partial charge is 0.488 e. The molecule has 11 nitrogen and oxygen atoms in total. The fraction of sp³-hybridized carbons (Fsp3) is 0.450. The Morgan fingerprint density at radius 3 is 2.73 bits per heavy atom. The zero-order valence-electron chi connectivity index (χ0n) is 18.9. The molecule has 1 amide bonds. The smallest absolute Gasteiger partial charge is 0.381 e. The van der Waals surface area contributed by atoms with Crippen LogP contribution in [0.25, 0.3) is 0 Å². The van der Waals surface area contributed by atoms with Crippen molar-refractivity contribution < 1.29 is 18.7 Å². The number of carbonyl (C=O) groups is 1. The van der Waals surface area contributed by atoms with Crippen LogP contribution >= 0.6 is 11.3 Å². The molecule has 33 heavy (non-hydrogen) atoms. The zero-order chi connectivity index (χ0) is 24.0. The molecule has 0 aromatic carbocycles. The van der Waals surface area contributed by atoms with Crippen molar-refractivity contribution in [2.75, 3.05) is 30.2 Å². The van der Waals surface area contributed by atoms with Gasteiger partial charge in [-0.15, -0.1) is 10.2 Å². The van der Waals surface area contributed by atoms with Gasteiger partial charge in [0.1, 0.15) is 0 Å². The maximum atomic E-state index is 12.7. The average Bonchev–Trinajstić information content (AvgIpc) is 3.43. The molecule has 4 N–H and O–H groups in total. The van der Waals surface area contributed by atoms with Crippen LogP contribution in [0.3, 0.4) is 0 Å². The Bertz CT molecular complexity index is 1090. The van der Waals surface area contributed by atoms with Gasteiger partial charge in [-0.3, -0.25) is 10.1 Å². The van der Waals surface area contributed by atoms with E-state index in [9.17, 15) is 9.59 Å². The van der Waals surface area contributed by atoms with E-state index < -0.39 is 11.5 Å². The van der Waals surface area contributed by atoms with Crippen molar-refractivity contribution in [2.45, 2.75) is 38.0 Å². The van der Waals surface area contributed by atoms with Crippen molar-refractivity contribution in [3.05, 3.63) is 34.0 Å². The van der Waals surface area contributed by atoms with Crippen LogP contribution in [0.5, 0.6) is 5.75 Å². The summed E-state index contributed by atoms with van der Waals surface area (Å²) in [4.78, 5) is 25.2. The fourth-order valence-corrected chi connectivity index (χ4v) is 5.66. The second kappa shape index (κ2) is 11.2. The highest BCUT2D eigenvalue weighted by molar-refractivity contribution is 7.19. The molecule has 0 aliphatic heterocycles. The van der Waals surface area contributed by atoms with Crippen LogP contribution in [0.15, 0.2) is 27.1 Å². The van der Waals surface area contributed by atoms with Gasteiger partial charge in [-0.05, 0) is 25.8 Å². The molecule has 1 fully saturated rings. The third-order valence-electron chi connectivity index (χ3n) is 5.45. The van der Waals surface area contributed by atoms with Gasteiger partial charge >= 0.3 is 5.63 Å². The van der Waals surface area contributed by atoms with E-state index in [1.807, 2.05) is 0 Å². The van der Waals surface area contributed by atoms with E-state index >= 15 is 0 Å². The summed E-state index contributed by atoms with van der Waals surface area (Å²) in [5.74, 6) is -0.451. The Kier molecular flexibility index (Phi) is 8.35. The molecule has 178 valence electrons. The number of hydrogen-bond acceptors (Lipinski definition) is 11. The maximum Gasteiger partial charge on any atom is 0.381 e. The summed E-state index contributed by atoms with van der Waals surface area (Å²) in [6, 6.07) is 1.47. The molecule has 0 spiro atoms. The predicted molar refractivity (Wildman–Crippen MR) is 131 cm³/mol. The summed E-state index contributed by atoms with van der Waals surface area (Å²) < 4.78 is 16.0. The van der Waals surface area contributed by atoms with Gasteiger partial charge in [0.05, 0.1) is 18.9 Å². The topological polar surface area (TPSA) is 151 Å². The van der Waals surface area contributed by atoms with E-state index in [4.69, 9.17) is 19.3 Å². The number of aromatic nitrogens is 2. The lowest BCUT2D eigenvalue weighted by Gasteiger charge is -2.27. The maximum absolute atomic E-state index is 12.7. The van der Waals surface area contributed by atoms with Crippen molar-refractivity contribution in [1.82, 2.24) is 10.2 Å². The number of anilines is 3. The number of methoxy groups -OCH3 is 2. The van der Waals surface area contributed by atoms with E-state index in [1.54, 1.807) is 20.1 Å². The van der Waals surface area contributed by atoms with Gasteiger partial charge in [0, 0.05) is 46.9 Å². The van der Waals surface area contributed by atoms with Crippen LogP contribution in [-0.2, 0) is 4.74 Å². The van der Waals surface area contributed by atoms with Crippen molar-refractivity contribution in [3.8, 4) is 5.75 Å². The van der Waals surface area contributed by atoms with Crippen LogP contribution < -0.4 is 26.3 Å². The minimum atomic E-state index is -0.747. The van der Waals surface area contributed by atoms with Crippen LogP contribution in [0.2, 0.25) is 0 Å². The predicted octanol–water partition coefficient (Wildman–Crippen LogP) is 1.64. The molecule has 1 saturated carbocycles. The molecule has 0 bridgehead atoms. The van der Waals surface area contributed by atoms with Crippen molar-refractivity contribution in [2.24, 2.45) is 5.92 Å². The molecule has 0 radical (unpaired) electrons. The molecule has 2 aromatic heterocycles. The van der Waals surface area contributed by atoms with Gasteiger partial charge in [-0.25, -0.2) is 4.79 Å². The number of allylic oxidation sites excluding steroid dienone is 2. The lowest BCUT2D eigenvalue weighted by Crippen LogP contribution is -2.35. The third kappa shape index (κ3) is 6.06. The van der Waals surface area contributed by atoms with Crippen molar-refractivity contribution in [1.29, 1.82) is 5.41 Å². The Morgan fingerprint density at radius 2 is 2.06 bits per heavy atom. The number of amides is 1. The van der Waals surface area contributed by atoms with Crippen LogP contribution in [0, 0.1) is 11.3 Å². The van der Waals surface area contributed by atoms with Crippen LogP contribution in [0.4, 0.5) is 16.0 Å². The van der Waals surface area contributed by atoms with E-state index in [0.717, 1.165) is 47.1 Å². The van der Waals surface area contributed by atoms with E-state index in [1.165, 1.54) is 13.2 Å². The SMILES string of the molecule is COc1c(N[C@@H]([SiH3])[C@H]2CCC[C@H]2OC)cc(C(=O)Nc2nnc(N/C(C)=C\C=N)s2)oc1=O. The van der Waals surface area contributed by atoms with Gasteiger partial charge in [-0.2, -0.15) is 0 Å². The highest BCUT2D eigenvalue weighted by Crippen LogP contribution is 2.32. The fourth-order valence-electron chi connectivity index (χ4n) is 3.88. The summed E-state index contributed by atoms with van der Waals surface area (Å²) in [5.41, 5.74) is 0.487. The minimum Gasteiger partial charge on any atom is -0.488 e. The molecule has 0 unspecified atom stereocenters. The van der Waals surface area contributed by atoms with Gasteiger partial charge in [0.2, 0.25) is 16.0 Å². The molecule has 1 aliphatic carbocycles. The number of nitrogens with one attached hydrogen (secondary N) is 4. The summed E-state index contributed by atoms with van der Waals surface area (Å²) in [6.45, 7) is 1.77. The molecule has 3 rings (SSSR count). The Hall–Kier alpha value is -3.03. The molecule has 2 heterocycles. The molecule has 3 atom stereocenters. The first-order valence-electron chi connectivity index (χ1n) is 10.5. The Labute approximate surface area is 197 Å². The van der Waals surface area contributed by atoms with Crippen molar-refractivity contribution in [3.63, 3.8) is 0 Å². The molecular weight excluding hydrogens is 464 g/mol. The van der Waals surface area contributed by atoms with E-state index in [2.05, 4.69) is 26.1 Å². The number of rotatable bonds is 10. The number of carbonyl (C=O) groups excluding carboxylic acids is 1. The molecule has 2 aromatic rings. The summed E-state index contributed by atoms with van der Waals surface area (Å²) in [6.07, 6.45) is 6.03. The first kappa shape index (κ1) is 24.6. The summed E-state index contributed by atoms with van der Waals surface area (Å²) in [5, 5.41) is 24.5. The summed E-state index contributed by atoms with van der Waals surface area (Å²) >= 11 is 1.11. The molecule has 0 saturated heterocycles. The van der Waals surface area contributed by atoms with Gasteiger partial charge in [0.15, 0.2) is 5.76 Å². The lowest BCUT2D eigenvalue weighted by molar-refractivity contribution is 0.0718. The zero-order valence-corrected chi connectivity index (χ0v) is 21.7. The van der Waals surface area contributed by atoms with Gasteiger partial charge in [0.25, 0.3) is 5.91 Å². The van der Waals surface area contributed by atoms with Crippen molar-refractivity contribution >= 4 is 49.7 Å². The Morgan fingerprint density at radius 1 is 1.33 bits per heavy atom. The van der Waals surface area contributed by atoms with Gasteiger partial charge in [-0.1, -0.05) is 17.8 Å². The highest BCUT2D eigenvalue weighted by atomic mass is 32.1. The summed E-state index contributed by atoms with van der Waals surface area (Å²) in [7, 11) is 3.92. The van der Waals surface area contributed by atoms with Crippen LogP contribution in [0.1, 0.15) is 36.7 Å². The second-order valence-corrected chi connectivity index (χ2v) is 9.88. The van der Waals surface area contributed by atoms with E-state index in [0.29, 0.717) is 22.4 Å². The molecule has 1 aliphatic rings. The minimum absolute atomic E-state index is 0.0234. The quantitative estimate of drug-likeness (QED) is 0.286. The van der Waals surface area contributed by atoms with E-state index in [-0.39, 0.29) is 28.4 Å². The average molecular weight is 493 g/mol. The lowest BCUT2D eigenvalue weighted by atomic mass is 10.1. The second-order valence-electron chi connectivity index (χ2n) is 7.65. The van der Waals surface area contributed by atoms with Gasteiger partial charge < -0.3 is 29.9 Å².